The van der Waals surface area contributed by atoms with E-state index in [-0.39, 0.29) is 0 Å². The molecule has 90 valence electrons. The standard InChI is InChI=1S/C14H11FNOP/c15-14(11-16)18(17,12-7-3-1-4-8-12)13-9-5-2-6-10-13/h1-10,14H. The van der Waals surface area contributed by atoms with Crippen LogP contribution in [0.2, 0.25) is 0 Å². The second kappa shape index (κ2) is 5.16. The van der Waals surface area contributed by atoms with Crippen molar-refractivity contribution in [3.63, 3.8) is 0 Å². The van der Waals surface area contributed by atoms with Crippen molar-refractivity contribution in [1.29, 1.82) is 5.26 Å². The third-order valence-corrected chi connectivity index (χ3v) is 5.59. The van der Waals surface area contributed by atoms with E-state index in [0.717, 1.165) is 0 Å². The summed E-state index contributed by atoms with van der Waals surface area (Å²) in [5.41, 5.74) is 0. The van der Waals surface area contributed by atoms with Crippen LogP contribution in [0.5, 0.6) is 0 Å². The average Bonchev–Trinajstić information content (AvgIpc) is 2.47. The smallest absolute Gasteiger partial charge is 0.245 e. The number of nitrogens with zero attached hydrogens (tertiary/aromatic N) is 1. The second-order valence-corrected chi connectivity index (χ2v) is 6.60. The molecule has 0 amide bonds. The van der Waals surface area contributed by atoms with Gasteiger partial charge in [0.1, 0.15) is 6.07 Å². The topological polar surface area (TPSA) is 40.9 Å². The summed E-state index contributed by atoms with van der Waals surface area (Å²) in [7, 11) is -3.54. The van der Waals surface area contributed by atoms with Crippen LogP contribution in [0.4, 0.5) is 4.39 Å². The van der Waals surface area contributed by atoms with Gasteiger partial charge in [-0.25, -0.2) is 4.39 Å². The summed E-state index contributed by atoms with van der Waals surface area (Å²) >= 11 is 0. The van der Waals surface area contributed by atoms with Gasteiger partial charge < -0.3 is 4.57 Å². The Morgan fingerprint density at radius 3 is 1.67 bits per heavy atom. The highest BCUT2D eigenvalue weighted by Crippen LogP contribution is 2.48. The predicted molar refractivity (Wildman–Crippen MR) is 70.3 cm³/mol. The molecule has 0 N–H and O–H groups in total. The Balaban J connectivity index is 2.64. The first-order valence-corrected chi connectivity index (χ1v) is 7.22. The SMILES string of the molecule is N#CC(F)P(=O)(c1ccccc1)c1ccccc1. The van der Waals surface area contributed by atoms with Crippen LogP contribution < -0.4 is 10.6 Å². The van der Waals surface area contributed by atoms with Crippen molar-refractivity contribution >= 4 is 17.8 Å². The van der Waals surface area contributed by atoms with Crippen molar-refractivity contribution < 1.29 is 8.96 Å². The molecule has 0 heterocycles. The number of benzene rings is 2. The fourth-order valence-corrected chi connectivity index (χ4v) is 4.01. The third-order valence-electron chi connectivity index (χ3n) is 2.71. The molecule has 0 radical (unpaired) electrons. The number of hydrogen-bond donors (Lipinski definition) is 0. The van der Waals surface area contributed by atoms with Gasteiger partial charge in [-0.2, -0.15) is 5.26 Å². The molecule has 0 bridgehead atoms. The van der Waals surface area contributed by atoms with E-state index in [9.17, 15) is 8.96 Å². The van der Waals surface area contributed by atoms with E-state index in [4.69, 9.17) is 5.26 Å². The Kier molecular flexibility index (Phi) is 3.60. The monoisotopic (exact) mass is 259 g/mol. The van der Waals surface area contributed by atoms with Gasteiger partial charge >= 0.3 is 0 Å². The van der Waals surface area contributed by atoms with Gasteiger partial charge in [-0.15, -0.1) is 0 Å². The highest BCUT2D eigenvalue weighted by molar-refractivity contribution is 7.79. The van der Waals surface area contributed by atoms with Crippen LogP contribution in [0.25, 0.3) is 0 Å². The maximum atomic E-state index is 13.9. The molecule has 0 spiro atoms. The van der Waals surface area contributed by atoms with Gasteiger partial charge in [0.15, 0.2) is 7.14 Å². The fraction of sp³-hybridized carbons (Fsp3) is 0.0714. The number of nitriles is 1. The van der Waals surface area contributed by atoms with Crippen LogP contribution in [-0.4, -0.2) is 5.91 Å². The average molecular weight is 259 g/mol. The summed E-state index contributed by atoms with van der Waals surface area (Å²) in [6.07, 6.45) is 0. The molecule has 4 heteroatoms. The zero-order valence-electron chi connectivity index (χ0n) is 9.53. The van der Waals surface area contributed by atoms with Gasteiger partial charge in [-0.1, -0.05) is 60.7 Å². The molecule has 1 unspecified atom stereocenters. The molecule has 0 aromatic heterocycles. The van der Waals surface area contributed by atoms with Crippen molar-refractivity contribution in [2.75, 3.05) is 0 Å². The van der Waals surface area contributed by atoms with E-state index in [2.05, 4.69) is 0 Å². The van der Waals surface area contributed by atoms with Gasteiger partial charge in [0.2, 0.25) is 5.91 Å². The minimum absolute atomic E-state index is 0.366. The molecule has 0 saturated heterocycles. The zero-order valence-corrected chi connectivity index (χ0v) is 10.4. The van der Waals surface area contributed by atoms with Crippen molar-refractivity contribution in [3.05, 3.63) is 60.7 Å². The summed E-state index contributed by atoms with van der Waals surface area (Å²) in [5, 5.41) is 9.53. The molecule has 18 heavy (non-hydrogen) atoms. The first-order chi connectivity index (χ1) is 8.69. The third kappa shape index (κ3) is 2.08. The van der Waals surface area contributed by atoms with Crippen molar-refractivity contribution in [2.45, 2.75) is 5.91 Å². The van der Waals surface area contributed by atoms with Crippen LogP contribution in [0.3, 0.4) is 0 Å². The lowest BCUT2D eigenvalue weighted by atomic mass is 10.4. The van der Waals surface area contributed by atoms with Crippen molar-refractivity contribution in [2.24, 2.45) is 0 Å². The molecule has 0 saturated carbocycles. The first-order valence-electron chi connectivity index (χ1n) is 5.44. The number of hydrogen-bond acceptors (Lipinski definition) is 2. The Hall–Kier alpha value is -1.91. The number of alkyl halides is 1. The molecular formula is C14H11FNOP. The van der Waals surface area contributed by atoms with Crippen LogP contribution in [0, 0.1) is 11.3 Å². The number of halogens is 1. The first kappa shape index (κ1) is 12.5. The summed E-state index contributed by atoms with van der Waals surface area (Å²) in [5.74, 6) is -2.03. The predicted octanol–water partition coefficient (Wildman–Crippen LogP) is 2.82. The van der Waals surface area contributed by atoms with Gasteiger partial charge in [-0.05, 0) is 0 Å². The Morgan fingerprint density at radius 1 is 0.944 bits per heavy atom. The van der Waals surface area contributed by atoms with Crippen LogP contribution in [0.15, 0.2) is 60.7 Å². The molecule has 2 nitrogen and oxygen atoms in total. The van der Waals surface area contributed by atoms with E-state index in [1.54, 1.807) is 60.7 Å². The molecule has 0 aliphatic carbocycles. The molecule has 1 atom stereocenters. The van der Waals surface area contributed by atoms with E-state index in [0.29, 0.717) is 10.6 Å². The minimum atomic E-state index is -3.54. The van der Waals surface area contributed by atoms with Gasteiger partial charge in [0.05, 0.1) is 0 Å². The maximum absolute atomic E-state index is 13.9. The highest BCUT2D eigenvalue weighted by atomic mass is 31.2. The molecule has 0 fully saturated rings. The molecule has 2 rings (SSSR count). The quantitative estimate of drug-likeness (QED) is 0.795. The van der Waals surface area contributed by atoms with Crippen LogP contribution in [0.1, 0.15) is 0 Å². The Bertz CT molecular complexity index is 563. The van der Waals surface area contributed by atoms with E-state index >= 15 is 0 Å². The lowest BCUT2D eigenvalue weighted by Crippen LogP contribution is -2.22. The van der Waals surface area contributed by atoms with Gasteiger partial charge in [-0.3, -0.25) is 0 Å². The Morgan fingerprint density at radius 2 is 1.33 bits per heavy atom. The van der Waals surface area contributed by atoms with E-state index in [1.165, 1.54) is 6.07 Å². The summed E-state index contributed by atoms with van der Waals surface area (Å²) < 4.78 is 26.9. The lowest BCUT2D eigenvalue weighted by Gasteiger charge is -2.18. The van der Waals surface area contributed by atoms with Crippen molar-refractivity contribution in [3.8, 4) is 6.07 Å². The largest absolute Gasteiger partial charge is 0.309 e. The molecular weight excluding hydrogens is 248 g/mol. The van der Waals surface area contributed by atoms with Gasteiger partial charge in [0.25, 0.3) is 0 Å². The summed E-state index contributed by atoms with van der Waals surface area (Å²) in [4.78, 5) is 0. The summed E-state index contributed by atoms with van der Waals surface area (Å²) in [6.45, 7) is 0. The zero-order chi connectivity index (χ0) is 13.0. The summed E-state index contributed by atoms with van der Waals surface area (Å²) in [6, 6.07) is 18.1. The van der Waals surface area contributed by atoms with Crippen LogP contribution in [-0.2, 0) is 4.57 Å². The van der Waals surface area contributed by atoms with E-state index < -0.39 is 13.1 Å². The number of rotatable bonds is 3. The second-order valence-electron chi connectivity index (χ2n) is 3.79. The fourth-order valence-electron chi connectivity index (χ4n) is 1.79. The van der Waals surface area contributed by atoms with E-state index in [1.807, 2.05) is 0 Å². The molecule has 2 aromatic carbocycles. The van der Waals surface area contributed by atoms with Crippen molar-refractivity contribution in [1.82, 2.24) is 0 Å². The molecule has 0 aliphatic heterocycles. The normalized spacial score (nSPS) is 12.7. The molecule has 0 aliphatic rings. The highest BCUT2D eigenvalue weighted by Gasteiger charge is 2.37. The minimum Gasteiger partial charge on any atom is -0.309 e. The van der Waals surface area contributed by atoms with Gasteiger partial charge in [0, 0.05) is 10.6 Å². The maximum Gasteiger partial charge on any atom is 0.245 e. The lowest BCUT2D eigenvalue weighted by molar-refractivity contribution is 0.489. The molecule has 2 aromatic rings. The van der Waals surface area contributed by atoms with Crippen LogP contribution >= 0.6 is 7.14 Å². The Labute approximate surface area is 105 Å².